The molecule has 1 aromatic heterocycles. The molecule has 0 fully saturated rings. The SMILES string of the molecule is CCCN(C(=O)OC(C)OC(=O)C(C)CC(C)(C)C)C1CCc2nc(N)sc2C1. The van der Waals surface area contributed by atoms with Crippen LogP contribution < -0.4 is 5.73 Å². The zero-order valence-corrected chi connectivity index (χ0v) is 19.3. The van der Waals surface area contributed by atoms with Gasteiger partial charge in [-0.15, -0.1) is 11.3 Å². The van der Waals surface area contributed by atoms with Crippen molar-refractivity contribution in [2.75, 3.05) is 12.3 Å². The van der Waals surface area contributed by atoms with Gasteiger partial charge in [-0.25, -0.2) is 9.78 Å². The second kappa shape index (κ2) is 9.78. The van der Waals surface area contributed by atoms with Crippen LogP contribution in [-0.2, 0) is 27.1 Å². The van der Waals surface area contributed by atoms with Crippen LogP contribution in [0.4, 0.5) is 9.93 Å². The van der Waals surface area contributed by atoms with Crippen LogP contribution in [0.15, 0.2) is 0 Å². The summed E-state index contributed by atoms with van der Waals surface area (Å²) in [6.45, 7) is 12.3. The number of anilines is 1. The number of aromatic nitrogens is 1. The minimum atomic E-state index is -0.921. The third-order valence-corrected chi connectivity index (χ3v) is 5.89. The number of carbonyl (C=O) groups excluding carboxylic acids is 2. The number of thiazole rings is 1. The fourth-order valence-electron chi connectivity index (χ4n) is 3.82. The van der Waals surface area contributed by atoms with Gasteiger partial charge in [0.05, 0.1) is 11.6 Å². The maximum Gasteiger partial charge on any atom is 0.413 e. The molecule has 0 aromatic carbocycles. The number of nitrogen functional groups attached to an aromatic ring is 1. The molecule has 8 heteroatoms. The molecule has 0 radical (unpaired) electrons. The molecule has 1 heterocycles. The van der Waals surface area contributed by atoms with Gasteiger partial charge in [0, 0.05) is 30.8 Å². The van der Waals surface area contributed by atoms with E-state index < -0.39 is 12.4 Å². The molecule has 0 aliphatic heterocycles. The van der Waals surface area contributed by atoms with Gasteiger partial charge < -0.3 is 20.1 Å². The molecule has 1 amide bonds. The van der Waals surface area contributed by atoms with Crippen LogP contribution in [0.2, 0.25) is 0 Å². The second-order valence-electron chi connectivity index (χ2n) is 9.07. The highest BCUT2D eigenvalue weighted by molar-refractivity contribution is 7.15. The van der Waals surface area contributed by atoms with Gasteiger partial charge >= 0.3 is 12.1 Å². The summed E-state index contributed by atoms with van der Waals surface area (Å²) < 4.78 is 10.8. The van der Waals surface area contributed by atoms with E-state index in [-0.39, 0.29) is 23.3 Å². The number of carbonyl (C=O) groups is 2. The van der Waals surface area contributed by atoms with Crippen molar-refractivity contribution in [1.29, 1.82) is 0 Å². The second-order valence-corrected chi connectivity index (χ2v) is 10.2. The molecule has 0 bridgehead atoms. The number of nitrogens with two attached hydrogens (primary N) is 1. The minimum absolute atomic E-state index is 0.0240. The number of aryl methyl sites for hydroxylation is 1. The maximum atomic E-state index is 12.8. The summed E-state index contributed by atoms with van der Waals surface area (Å²) in [5, 5.41) is 0.574. The van der Waals surface area contributed by atoms with Gasteiger partial charge in [0.1, 0.15) is 0 Å². The molecule has 0 saturated heterocycles. The van der Waals surface area contributed by atoms with Gasteiger partial charge in [0.25, 0.3) is 0 Å². The van der Waals surface area contributed by atoms with Crippen molar-refractivity contribution in [3.8, 4) is 0 Å². The Balaban J connectivity index is 1.94. The number of esters is 1. The van der Waals surface area contributed by atoms with Gasteiger partial charge in [-0.2, -0.15) is 0 Å². The Hall–Kier alpha value is -1.83. The van der Waals surface area contributed by atoms with E-state index in [1.165, 1.54) is 11.3 Å². The van der Waals surface area contributed by atoms with E-state index in [4.69, 9.17) is 15.2 Å². The van der Waals surface area contributed by atoms with E-state index in [9.17, 15) is 9.59 Å². The number of hydrogen-bond acceptors (Lipinski definition) is 7. The summed E-state index contributed by atoms with van der Waals surface area (Å²) in [7, 11) is 0. The number of amides is 1. The lowest BCUT2D eigenvalue weighted by Gasteiger charge is -2.33. The Bertz CT molecular complexity index is 713. The summed E-state index contributed by atoms with van der Waals surface area (Å²) in [6.07, 6.45) is 2.52. The number of fused-ring (bicyclic) bond motifs is 1. The van der Waals surface area contributed by atoms with Crippen molar-refractivity contribution in [3.05, 3.63) is 10.6 Å². The van der Waals surface area contributed by atoms with Crippen LogP contribution in [0, 0.1) is 11.3 Å². The van der Waals surface area contributed by atoms with Crippen molar-refractivity contribution in [2.24, 2.45) is 11.3 Å². The average molecular weight is 426 g/mol. The summed E-state index contributed by atoms with van der Waals surface area (Å²) in [6, 6.07) is 0.0394. The molecule has 1 aliphatic carbocycles. The van der Waals surface area contributed by atoms with Gasteiger partial charge in [-0.3, -0.25) is 4.79 Å². The van der Waals surface area contributed by atoms with Crippen LogP contribution in [0.5, 0.6) is 0 Å². The highest BCUT2D eigenvalue weighted by Crippen LogP contribution is 2.31. The van der Waals surface area contributed by atoms with Crippen molar-refractivity contribution >= 4 is 28.5 Å². The molecule has 7 nitrogen and oxygen atoms in total. The minimum Gasteiger partial charge on any atom is -0.425 e. The van der Waals surface area contributed by atoms with E-state index in [2.05, 4.69) is 25.8 Å². The predicted octanol–water partition coefficient (Wildman–Crippen LogP) is 4.39. The molecule has 2 rings (SSSR count). The summed E-state index contributed by atoms with van der Waals surface area (Å²) >= 11 is 1.49. The molecule has 164 valence electrons. The first-order valence-electron chi connectivity index (χ1n) is 10.4. The van der Waals surface area contributed by atoms with Crippen molar-refractivity contribution in [2.45, 2.75) is 86.0 Å². The molecule has 3 unspecified atom stereocenters. The molecule has 29 heavy (non-hydrogen) atoms. The average Bonchev–Trinajstić information content (AvgIpc) is 2.96. The molecule has 1 aliphatic rings. The number of nitrogens with zero attached hydrogens (tertiary/aromatic N) is 2. The summed E-state index contributed by atoms with van der Waals surface area (Å²) in [5.41, 5.74) is 6.90. The van der Waals surface area contributed by atoms with Crippen molar-refractivity contribution in [1.82, 2.24) is 9.88 Å². The van der Waals surface area contributed by atoms with Gasteiger partial charge in [0.2, 0.25) is 6.29 Å². The van der Waals surface area contributed by atoms with Crippen molar-refractivity contribution < 1.29 is 19.1 Å². The van der Waals surface area contributed by atoms with Crippen LogP contribution in [0.3, 0.4) is 0 Å². The Morgan fingerprint density at radius 3 is 2.62 bits per heavy atom. The Morgan fingerprint density at radius 2 is 2.00 bits per heavy atom. The largest absolute Gasteiger partial charge is 0.425 e. The smallest absolute Gasteiger partial charge is 0.413 e. The first-order chi connectivity index (χ1) is 13.5. The monoisotopic (exact) mass is 425 g/mol. The van der Waals surface area contributed by atoms with Crippen molar-refractivity contribution in [3.63, 3.8) is 0 Å². The Morgan fingerprint density at radius 1 is 1.31 bits per heavy atom. The molecular formula is C21H35N3O4S. The fraction of sp³-hybridized carbons (Fsp3) is 0.762. The number of hydrogen-bond donors (Lipinski definition) is 1. The Labute approximate surface area is 178 Å². The normalized spacial score (nSPS) is 18.5. The molecule has 2 N–H and O–H groups in total. The van der Waals surface area contributed by atoms with E-state index in [0.29, 0.717) is 18.1 Å². The quantitative estimate of drug-likeness (QED) is 0.514. The van der Waals surface area contributed by atoms with Gasteiger partial charge in [0.15, 0.2) is 5.13 Å². The summed E-state index contributed by atoms with van der Waals surface area (Å²) in [5.74, 6) is -0.596. The number of ether oxygens (including phenoxy) is 2. The molecular weight excluding hydrogens is 390 g/mol. The standard InChI is InChI=1S/C21H35N3O4S/c1-7-10-24(15-8-9-16-17(11-15)29-19(22)23-16)20(26)28-14(3)27-18(25)13(2)12-21(4,5)6/h13-15H,7-12H2,1-6H3,(H2,22,23). The predicted molar refractivity (Wildman–Crippen MR) is 115 cm³/mol. The summed E-state index contributed by atoms with van der Waals surface area (Å²) in [4.78, 5) is 32.4. The van der Waals surface area contributed by atoms with E-state index in [1.54, 1.807) is 11.8 Å². The third kappa shape index (κ3) is 6.87. The first kappa shape index (κ1) is 23.4. The van der Waals surface area contributed by atoms with Crippen LogP contribution in [-0.4, -0.2) is 40.8 Å². The number of rotatable bonds is 7. The molecule has 0 spiro atoms. The lowest BCUT2D eigenvalue weighted by atomic mass is 9.85. The zero-order chi connectivity index (χ0) is 21.8. The van der Waals surface area contributed by atoms with Gasteiger partial charge in [-0.1, -0.05) is 34.6 Å². The molecule has 0 saturated carbocycles. The third-order valence-electron chi connectivity index (χ3n) is 4.94. The highest BCUT2D eigenvalue weighted by atomic mass is 32.1. The van der Waals surface area contributed by atoms with Crippen LogP contribution in [0.25, 0.3) is 0 Å². The lowest BCUT2D eigenvalue weighted by molar-refractivity contribution is -0.171. The van der Waals surface area contributed by atoms with E-state index in [1.807, 2.05) is 13.8 Å². The fourth-order valence-corrected chi connectivity index (χ4v) is 4.77. The van der Waals surface area contributed by atoms with E-state index in [0.717, 1.165) is 36.3 Å². The highest BCUT2D eigenvalue weighted by Gasteiger charge is 2.32. The molecule has 1 aromatic rings. The zero-order valence-electron chi connectivity index (χ0n) is 18.5. The van der Waals surface area contributed by atoms with Gasteiger partial charge in [-0.05, 0) is 31.1 Å². The lowest BCUT2D eigenvalue weighted by Crippen LogP contribution is -2.45. The van der Waals surface area contributed by atoms with Crippen LogP contribution >= 0.6 is 11.3 Å². The molecule has 3 atom stereocenters. The topological polar surface area (TPSA) is 94.8 Å². The maximum absolute atomic E-state index is 12.8. The van der Waals surface area contributed by atoms with E-state index >= 15 is 0 Å². The Kier molecular flexibility index (Phi) is 7.91. The van der Waals surface area contributed by atoms with Crippen LogP contribution in [0.1, 0.15) is 71.4 Å². The first-order valence-corrected chi connectivity index (χ1v) is 11.2.